The summed E-state index contributed by atoms with van der Waals surface area (Å²) in [5.41, 5.74) is 0. The van der Waals surface area contributed by atoms with Crippen LogP contribution in [0.15, 0.2) is 12.2 Å². The van der Waals surface area contributed by atoms with Gasteiger partial charge in [0.25, 0.3) is 0 Å². The van der Waals surface area contributed by atoms with Gasteiger partial charge in [-0.15, -0.1) is 0 Å². The lowest BCUT2D eigenvalue weighted by Crippen LogP contribution is -2.38. The molecule has 80 valence electrons. The Morgan fingerprint density at radius 2 is 1.93 bits per heavy atom. The Bertz CT molecular complexity index is 354. The Morgan fingerprint density at radius 1 is 1.20 bits per heavy atom. The molecule has 2 saturated carbocycles. The van der Waals surface area contributed by atoms with E-state index in [1.807, 2.05) is 0 Å². The van der Waals surface area contributed by atoms with Crippen LogP contribution in [0.4, 0.5) is 0 Å². The number of rotatable bonds is 0. The number of hydrogen-bond donors (Lipinski definition) is 0. The zero-order valence-electron chi connectivity index (χ0n) is 8.52. The molecule has 0 amide bonds. The van der Waals surface area contributed by atoms with Crippen molar-refractivity contribution >= 4 is 5.78 Å². The molecule has 1 aliphatic heterocycles. The van der Waals surface area contributed by atoms with E-state index in [0.717, 1.165) is 12.8 Å². The largest absolute Gasteiger partial charge is 0.346 e. The summed E-state index contributed by atoms with van der Waals surface area (Å²) < 4.78 is 11.7. The van der Waals surface area contributed by atoms with Crippen LogP contribution in [-0.4, -0.2) is 24.8 Å². The molecule has 1 spiro atoms. The summed E-state index contributed by atoms with van der Waals surface area (Å²) >= 11 is 0. The molecule has 15 heavy (non-hydrogen) atoms. The third-order valence-electron chi connectivity index (χ3n) is 4.60. The Kier molecular flexibility index (Phi) is 1.43. The lowest BCUT2D eigenvalue weighted by atomic mass is 9.86. The van der Waals surface area contributed by atoms with Gasteiger partial charge in [-0.3, -0.25) is 4.79 Å². The molecule has 0 aromatic heterocycles. The van der Waals surface area contributed by atoms with Crippen molar-refractivity contribution in [2.45, 2.75) is 18.6 Å². The second-order valence-electron chi connectivity index (χ2n) is 5.05. The monoisotopic (exact) mass is 206 g/mol. The molecule has 2 bridgehead atoms. The highest BCUT2D eigenvalue weighted by Gasteiger charge is 2.67. The van der Waals surface area contributed by atoms with Crippen molar-refractivity contribution in [2.24, 2.45) is 23.7 Å². The van der Waals surface area contributed by atoms with E-state index in [1.54, 1.807) is 0 Å². The molecule has 3 heteroatoms. The molecule has 0 radical (unpaired) electrons. The van der Waals surface area contributed by atoms with Crippen molar-refractivity contribution in [3.63, 3.8) is 0 Å². The molecule has 4 aliphatic rings. The van der Waals surface area contributed by atoms with Gasteiger partial charge in [0.1, 0.15) is 5.78 Å². The van der Waals surface area contributed by atoms with Crippen LogP contribution < -0.4 is 0 Å². The van der Waals surface area contributed by atoms with Gasteiger partial charge in [-0.1, -0.05) is 12.2 Å². The van der Waals surface area contributed by atoms with Crippen molar-refractivity contribution in [1.82, 2.24) is 0 Å². The van der Waals surface area contributed by atoms with Crippen molar-refractivity contribution in [3.8, 4) is 0 Å². The minimum absolute atomic E-state index is 0.193. The minimum atomic E-state index is -0.439. The van der Waals surface area contributed by atoms with Gasteiger partial charge in [-0.25, -0.2) is 0 Å². The molecule has 0 unspecified atom stereocenters. The van der Waals surface area contributed by atoms with E-state index in [1.165, 1.54) is 0 Å². The Labute approximate surface area is 88.4 Å². The maximum Gasteiger partial charge on any atom is 0.181 e. The van der Waals surface area contributed by atoms with Gasteiger partial charge < -0.3 is 9.47 Å². The van der Waals surface area contributed by atoms with Gasteiger partial charge in [0.15, 0.2) is 5.79 Å². The van der Waals surface area contributed by atoms with Crippen LogP contribution in [0.3, 0.4) is 0 Å². The number of hydrogen-bond acceptors (Lipinski definition) is 3. The number of ketones is 1. The number of carbonyl (C=O) groups excluding carboxylic acids is 1. The average molecular weight is 206 g/mol. The fourth-order valence-corrected chi connectivity index (χ4v) is 4.13. The lowest BCUT2D eigenvalue weighted by Gasteiger charge is -2.29. The maximum atomic E-state index is 11.8. The van der Waals surface area contributed by atoms with Crippen molar-refractivity contribution in [3.05, 3.63) is 12.2 Å². The van der Waals surface area contributed by atoms with Crippen LogP contribution in [0.25, 0.3) is 0 Å². The molecular weight excluding hydrogens is 192 g/mol. The number of ether oxygens (including phenoxy) is 2. The summed E-state index contributed by atoms with van der Waals surface area (Å²) in [7, 11) is 0. The summed E-state index contributed by atoms with van der Waals surface area (Å²) in [6.07, 6.45) is 6.17. The molecule has 4 rings (SSSR count). The molecule has 0 N–H and O–H groups in total. The third-order valence-corrected chi connectivity index (χ3v) is 4.60. The SMILES string of the molecule is O=C1CC[C@@H]2[C@@H]1[C@H]1C=C[C@@H]2C12OCCO2. The second-order valence-corrected chi connectivity index (χ2v) is 5.05. The Morgan fingerprint density at radius 3 is 2.67 bits per heavy atom. The Balaban J connectivity index is 1.81. The van der Waals surface area contributed by atoms with Crippen LogP contribution in [0.5, 0.6) is 0 Å². The maximum absolute atomic E-state index is 11.8. The van der Waals surface area contributed by atoms with Gasteiger partial charge in [0.05, 0.1) is 13.2 Å². The molecule has 1 saturated heterocycles. The standard InChI is InChI=1S/C12H14O3/c13-10-4-1-7-8-2-3-9(11(7)10)12(8)14-5-6-15-12/h2-3,7-9,11H,1,4-6H2/t7-,8-,9+,11+/m0/s1. The van der Waals surface area contributed by atoms with Crippen LogP contribution in [0.2, 0.25) is 0 Å². The topological polar surface area (TPSA) is 35.5 Å². The highest BCUT2D eigenvalue weighted by Crippen LogP contribution is 2.61. The summed E-state index contributed by atoms with van der Waals surface area (Å²) in [6.45, 7) is 1.37. The summed E-state index contributed by atoms with van der Waals surface area (Å²) in [4.78, 5) is 11.8. The number of carbonyl (C=O) groups is 1. The first-order chi connectivity index (χ1) is 7.33. The molecule has 0 aromatic carbocycles. The first-order valence-electron chi connectivity index (χ1n) is 5.82. The number of fused-ring (bicyclic) bond motifs is 3. The molecule has 4 atom stereocenters. The smallest absolute Gasteiger partial charge is 0.181 e. The highest BCUT2D eigenvalue weighted by atomic mass is 16.7. The van der Waals surface area contributed by atoms with E-state index < -0.39 is 5.79 Å². The quantitative estimate of drug-likeness (QED) is 0.557. The van der Waals surface area contributed by atoms with Crippen LogP contribution in [-0.2, 0) is 14.3 Å². The van der Waals surface area contributed by atoms with Crippen LogP contribution >= 0.6 is 0 Å². The first kappa shape index (κ1) is 8.48. The second kappa shape index (κ2) is 2.53. The van der Waals surface area contributed by atoms with Crippen molar-refractivity contribution in [1.29, 1.82) is 0 Å². The average Bonchev–Trinajstić information content (AvgIpc) is 2.96. The van der Waals surface area contributed by atoms with E-state index in [2.05, 4.69) is 12.2 Å². The zero-order valence-corrected chi connectivity index (χ0v) is 8.52. The van der Waals surface area contributed by atoms with E-state index in [9.17, 15) is 4.79 Å². The summed E-state index contributed by atoms with van der Waals surface area (Å²) in [5.74, 6) is 1.20. The van der Waals surface area contributed by atoms with Gasteiger partial charge in [-0.2, -0.15) is 0 Å². The van der Waals surface area contributed by atoms with E-state index in [0.29, 0.717) is 30.8 Å². The van der Waals surface area contributed by atoms with Gasteiger partial charge in [-0.05, 0) is 12.3 Å². The summed E-state index contributed by atoms with van der Waals surface area (Å²) in [6, 6.07) is 0. The first-order valence-corrected chi connectivity index (χ1v) is 5.82. The van der Waals surface area contributed by atoms with Gasteiger partial charge >= 0.3 is 0 Å². The summed E-state index contributed by atoms with van der Waals surface area (Å²) in [5, 5.41) is 0. The number of Topliss-reactive ketones (excluding diaryl/α,β-unsaturated/α-hetero) is 1. The normalized spacial score (nSPS) is 49.5. The fraction of sp³-hybridized carbons (Fsp3) is 0.750. The predicted molar refractivity (Wildman–Crippen MR) is 52.0 cm³/mol. The minimum Gasteiger partial charge on any atom is -0.346 e. The third kappa shape index (κ3) is 0.797. The predicted octanol–water partition coefficient (Wildman–Crippen LogP) is 1.14. The van der Waals surface area contributed by atoms with Gasteiger partial charge in [0.2, 0.25) is 0 Å². The molecule has 3 aliphatic carbocycles. The van der Waals surface area contributed by atoms with Crippen molar-refractivity contribution < 1.29 is 14.3 Å². The van der Waals surface area contributed by atoms with E-state index in [4.69, 9.17) is 9.47 Å². The highest BCUT2D eigenvalue weighted by molar-refractivity contribution is 5.85. The van der Waals surface area contributed by atoms with E-state index in [-0.39, 0.29) is 11.8 Å². The molecule has 1 heterocycles. The Hall–Kier alpha value is -0.670. The van der Waals surface area contributed by atoms with E-state index >= 15 is 0 Å². The molecular formula is C12H14O3. The zero-order chi connectivity index (χ0) is 10.0. The van der Waals surface area contributed by atoms with Crippen molar-refractivity contribution in [2.75, 3.05) is 13.2 Å². The fourth-order valence-electron chi connectivity index (χ4n) is 4.13. The molecule has 3 nitrogen and oxygen atoms in total. The van der Waals surface area contributed by atoms with Gasteiger partial charge in [0, 0.05) is 24.2 Å². The molecule has 3 fully saturated rings. The van der Waals surface area contributed by atoms with Crippen LogP contribution in [0, 0.1) is 23.7 Å². The lowest BCUT2D eigenvalue weighted by molar-refractivity contribution is -0.189. The van der Waals surface area contributed by atoms with Crippen LogP contribution in [0.1, 0.15) is 12.8 Å². The molecule has 0 aromatic rings.